The number of hydrogen-bond donors (Lipinski definition) is 7. The summed E-state index contributed by atoms with van der Waals surface area (Å²) in [7, 11) is 0. The van der Waals surface area contributed by atoms with Crippen molar-refractivity contribution in [3.63, 3.8) is 0 Å². The Hall–Kier alpha value is -5.83. The van der Waals surface area contributed by atoms with Gasteiger partial charge in [-0.25, -0.2) is 14.0 Å². The lowest BCUT2D eigenvalue weighted by Crippen LogP contribution is -2.49. The van der Waals surface area contributed by atoms with Crippen LogP contribution in [0.15, 0.2) is 60.7 Å². The Morgan fingerprint density at radius 2 is 1.71 bits per heavy atom. The highest BCUT2D eigenvalue weighted by Gasteiger charge is 2.27. The van der Waals surface area contributed by atoms with Crippen molar-refractivity contribution >= 4 is 57.9 Å². The number of fused-ring (bicyclic) bond motifs is 1. The molecule has 3 amide bonds. The molecular formula is C30H30FN7O7. The normalized spacial score (nSPS) is 12.2. The molecule has 0 saturated carbocycles. The number of nitrogens with zero attached hydrogens (tertiary/aromatic N) is 2. The van der Waals surface area contributed by atoms with Crippen LogP contribution in [0.2, 0.25) is 0 Å². The van der Waals surface area contributed by atoms with Crippen LogP contribution in [-0.4, -0.2) is 61.9 Å². The monoisotopic (exact) mass is 619 g/mol. The SMILES string of the molecule is Cc1ccc(F)c(NC(=O)Nc2ccc(-c3cccc4c3c(N)nn4C(=O)C[C@H](N)C(=O)N[C@@H](CCC(=O)O)C(=O)O)cc2)c1. The Kier molecular flexibility index (Phi) is 9.73. The number of aryl methyl sites for hydroxylation is 1. The van der Waals surface area contributed by atoms with Crippen molar-refractivity contribution in [2.45, 2.75) is 38.3 Å². The second-order valence-electron chi connectivity index (χ2n) is 10.2. The first-order valence-electron chi connectivity index (χ1n) is 13.6. The summed E-state index contributed by atoms with van der Waals surface area (Å²) >= 11 is 0. The van der Waals surface area contributed by atoms with Crippen molar-refractivity contribution < 1.29 is 38.6 Å². The first kappa shape index (κ1) is 32.1. The minimum Gasteiger partial charge on any atom is -0.481 e. The third-order valence-electron chi connectivity index (χ3n) is 6.79. The van der Waals surface area contributed by atoms with Gasteiger partial charge in [0.1, 0.15) is 11.9 Å². The first-order valence-corrected chi connectivity index (χ1v) is 13.6. The van der Waals surface area contributed by atoms with Crippen LogP contribution in [0, 0.1) is 12.7 Å². The Morgan fingerprint density at radius 1 is 1.00 bits per heavy atom. The molecule has 9 N–H and O–H groups in total. The van der Waals surface area contributed by atoms with Gasteiger partial charge in [0, 0.05) is 12.1 Å². The predicted octanol–water partition coefficient (Wildman–Crippen LogP) is 3.17. The zero-order chi connectivity index (χ0) is 32.8. The van der Waals surface area contributed by atoms with Gasteiger partial charge in [-0.1, -0.05) is 30.3 Å². The average molecular weight is 620 g/mol. The summed E-state index contributed by atoms with van der Waals surface area (Å²) in [6, 6.07) is 12.5. The van der Waals surface area contributed by atoms with Crippen LogP contribution in [0.4, 0.5) is 26.4 Å². The highest BCUT2D eigenvalue weighted by atomic mass is 19.1. The molecule has 0 radical (unpaired) electrons. The topological polar surface area (TPSA) is 232 Å². The molecule has 3 aromatic carbocycles. The number of urea groups is 1. The fourth-order valence-corrected chi connectivity index (χ4v) is 4.55. The highest BCUT2D eigenvalue weighted by molar-refractivity contribution is 6.06. The van der Waals surface area contributed by atoms with Crippen molar-refractivity contribution in [2.75, 3.05) is 16.4 Å². The van der Waals surface area contributed by atoms with Crippen molar-refractivity contribution in [1.29, 1.82) is 0 Å². The molecule has 2 atom stereocenters. The minimum atomic E-state index is -1.49. The number of amides is 3. The van der Waals surface area contributed by atoms with Crippen LogP contribution in [0.25, 0.3) is 22.0 Å². The predicted molar refractivity (Wildman–Crippen MR) is 163 cm³/mol. The Bertz CT molecular complexity index is 1790. The number of hydrogen-bond acceptors (Lipinski definition) is 8. The third-order valence-corrected chi connectivity index (χ3v) is 6.79. The van der Waals surface area contributed by atoms with Crippen LogP contribution >= 0.6 is 0 Å². The van der Waals surface area contributed by atoms with E-state index in [0.717, 1.165) is 10.2 Å². The smallest absolute Gasteiger partial charge is 0.326 e. The van der Waals surface area contributed by atoms with Gasteiger partial charge < -0.3 is 37.6 Å². The molecule has 0 spiro atoms. The Morgan fingerprint density at radius 3 is 2.38 bits per heavy atom. The summed E-state index contributed by atoms with van der Waals surface area (Å²) in [5, 5.41) is 29.9. The molecule has 234 valence electrons. The molecule has 0 aliphatic heterocycles. The summed E-state index contributed by atoms with van der Waals surface area (Å²) in [5.41, 5.74) is 14.9. The molecule has 0 bridgehead atoms. The van der Waals surface area contributed by atoms with E-state index in [1.807, 2.05) is 0 Å². The number of nitrogens with two attached hydrogens (primary N) is 2. The summed E-state index contributed by atoms with van der Waals surface area (Å²) in [6.45, 7) is 1.77. The zero-order valence-electron chi connectivity index (χ0n) is 23.9. The van der Waals surface area contributed by atoms with Gasteiger partial charge in [0.2, 0.25) is 11.8 Å². The molecule has 15 heteroatoms. The number of anilines is 3. The maximum Gasteiger partial charge on any atom is 0.326 e. The molecule has 0 saturated heterocycles. The molecule has 4 aromatic rings. The Labute approximate surface area is 255 Å². The highest BCUT2D eigenvalue weighted by Crippen LogP contribution is 2.33. The zero-order valence-corrected chi connectivity index (χ0v) is 23.9. The number of carboxylic acid groups (broad SMARTS) is 2. The van der Waals surface area contributed by atoms with Gasteiger partial charge in [0.05, 0.1) is 29.1 Å². The number of carbonyl (C=O) groups is 5. The molecule has 4 rings (SSSR count). The maximum atomic E-state index is 14.0. The lowest BCUT2D eigenvalue weighted by atomic mass is 10.0. The van der Waals surface area contributed by atoms with E-state index in [9.17, 15) is 33.5 Å². The quantitative estimate of drug-likeness (QED) is 0.130. The number of aliphatic carboxylic acids is 2. The van der Waals surface area contributed by atoms with Crippen LogP contribution in [0.5, 0.6) is 0 Å². The largest absolute Gasteiger partial charge is 0.481 e. The first-order chi connectivity index (χ1) is 21.3. The number of benzene rings is 3. The number of carboxylic acids is 2. The summed E-state index contributed by atoms with van der Waals surface area (Å²) < 4.78 is 15.0. The van der Waals surface area contributed by atoms with Crippen molar-refractivity contribution in [2.24, 2.45) is 5.73 Å². The van der Waals surface area contributed by atoms with Crippen LogP contribution < -0.4 is 27.4 Å². The average Bonchev–Trinajstić information content (AvgIpc) is 3.33. The fourth-order valence-electron chi connectivity index (χ4n) is 4.55. The molecule has 0 aliphatic carbocycles. The molecule has 45 heavy (non-hydrogen) atoms. The van der Waals surface area contributed by atoms with E-state index in [2.05, 4.69) is 21.0 Å². The fraction of sp³-hybridized carbons (Fsp3) is 0.200. The number of rotatable bonds is 11. The number of nitrogen functional groups attached to an aromatic ring is 1. The standard InChI is InChI=1S/C30H30FN7O7/c1-15-5-10-19(31)22(13-15)36-30(45)34-17-8-6-16(7-9-17)18-3-2-4-23-26(18)27(33)37-38(23)24(39)14-20(32)28(42)35-21(29(43)44)11-12-25(40)41/h2-10,13,20-21H,11-12,14,32H2,1H3,(H2,33,37)(H,35,42)(H,40,41)(H,43,44)(H2,34,36,45)/t20-,21-/m0/s1. The van der Waals surface area contributed by atoms with Gasteiger partial charge >= 0.3 is 18.0 Å². The van der Waals surface area contributed by atoms with Crippen molar-refractivity contribution in [3.05, 3.63) is 72.0 Å². The number of aromatic nitrogens is 2. The third kappa shape index (κ3) is 7.77. The van der Waals surface area contributed by atoms with Crippen LogP contribution in [0.3, 0.4) is 0 Å². The summed E-state index contributed by atoms with van der Waals surface area (Å²) in [4.78, 5) is 60.2. The number of carbonyl (C=O) groups excluding carboxylic acids is 3. The summed E-state index contributed by atoms with van der Waals surface area (Å²) in [5.74, 6) is -4.85. The Balaban J connectivity index is 1.47. The van der Waals surface area contributed by atoms with Gasteiger partial charge in [-0.15, -0.1) is 5.10 Å². The van der Waals surface area contributed by atoms with Crippen LogP contribution in [0.1, 0.15) is 29.6 Å². The van der Waals surface area contributed by atoms with E-state index >= 15 is 0 Å². The number of nitrogens with one attached hydrogen (secondary N) is 3. The molecule has 0 unspecified atom stereocenters. The van der Waals surface area contributed by atoms with E-state index < -0.39 is 60.5 Å². The molecule has 0 fully saturated rings. The van der Waals surface area contributed by atoms with Gasteiger partial charge in [0.25, 0.3) is 0 Å². The minimum absolute atomic E-state index is 0.0216. The van der Waals surface area contributed by atoms with Gasteiger partial charge in [0.15, 0.2) is 5.82 Å². The second-order valence-corrected chi connectivity index (χ2v) is 10.2. The lowest BCUT2D eigenvalue weighted by Gasteiger charge is -2.17. The molecule has 0 aliphatic rings. The van der Waals surface area contributed by atoms with Gasteiger partial charge in [-0.2, -0.15) is 4.68 Å². The van der Waals surface area contributed by atoms with E-state index in [4.69, 9.17) is 16.6 Å². The lowest BCUT2D eigenvalue weighted by molar-refractivity contribution is -0.143. The van der Waals surface area contributed by atoms with Gasteiger partial charge in [-0.05, 0) is 60.4 Å². The van der Waals surface area contributed by atoms with E-state index in [0.29, 0.717) is 27.7 Å². The van der Waals surface area contributed by atoms with Crippen molar-refractivity contribution in [1.82, 2.24) is 15.1 Å². The van der Waals surface area contributed by atoms with E-state index in [1.165, 1.54) is 12.1 Å². The molecule has 1 heterocycles. The van der Waals surface area contributed by atoms with E-state index in [-0.39, 0.29) is 17.9 Å². The summed E-state index contributed by atoms with van der Waals surface area (Å²) in [6.07, 6.45) is -1.40. The molecule has 14 nitrogen and oxygen atoms in total. The second kappa shape index (κ2) is 13.6. The molecule has 1 aromatic heterocycles. The van der Waals surface area contributed by atoms with E-state index in [1.54, 1.807) is 55.5 Å². The van der Waals surface area contributed by atoms with Gasteiger partial charge in [-0.3, -0.25) is 14.4 Å². The molecular weight excluding hydrogens is 589 g/mol. The maximum absolute atomic E-state index is 14.0. The van der Waals surface area contributed by atoms with Crippen molar-refractivity contribution in [3.8, 4) is 11.1 Å². The number of halogens is 1. The van der Waals surface area contributed by atoms with Crippen LogP contribution in [-0.2, 0) is 14.4 Å².